The monoisotopic (exact) mass is 306 g/mol. The van der Waals surface area contributed by atoms with E-state index < -0.39 is 17.8 Å². The van der Waals surface area contributed by atoms with E-state index in [0.29, 0.717) is 6.54 Å². The average Bonchev–Trinajstić information content (AvgIpc) is 2.36. The predicted octanol–water partition coefficient (Wildman–Crippen LogP) is 3.46. The van der Waals surface area contributed by atoms with E-state index in [1.807, 2.05) is 0 Å². The first-order valence-electron chi connectivity index (χ1n) is 5.77. The number of benzene rings is 1. The van der Waals surface area contributed by atoms with E-state index in [2.05, 4.69) is 17.2 Å². The standard InChI is InChI=1S/C13H14ClF3N2O/c1-3-6-18-12(20)8(2)19-9-4-5-11(14)10(7-9)13(15,16)17/h3-5,7-8,19H,1,6H2,2H3,(H,18,20). The third-order valence-electron chi connectivity index (χ3n) is 2.47. The van der Waals surface area contributed by atoms with Crippen LogP contribution in [0, 0.1) is 0 Å². The molecule has 1 unspecified atom stereocenters. The molecule has 1 atom stereocenters. The third kappa shape index (κ3) is 4.45. The largest absolute Gasteiger partial charge is 0.417 e. The van der Waals surface area contributed by atoms with Crippen molar-refractivity contribution in [1.82, 2.24) is 5.32 Å². The Morgan fingerprint density at radius 2 is 2.15 bits per heavy atom. The first kappa shape index (κ1) is 16.4. The van der Waals surface area contributed by atoms with E-state index in [1.165, 1.54) is 12.1 Å². The Balaban J connectivity index is 2.83. The lowest BCUT2D eigenvalue weighted by molar-refractivity contribution is -0.137. The minimum absolute atomic E-state index is 0.169. The van der Waals surface area contributed by atoms with Crippen molar-refractivity contribution in [3.05, 3.63) is 41.4 Å². The molecule has 0 radical (unpaired) electrons. The van der Waals surface area contributed by atoms with Gasteiger partial charge in [0, 0.05) is 12.2 Å². The maximum atomic E-state index is 12.7. The fourth-order valence-corrected chi connectivity index (χ4v) is 1.70. The molecule has 20 heavy (non-hydrogen) atoms. The number of nitrogens with one attached hydrogen (secondary N) is 2. The Bertz CT molecular complexity index is 503. The van der Waals surface area contributed by atoms with Crippen LogP contribution < -0.4 is 10.6 Å². The number of halogens is 4. The van der Waals surface area contributed by atoms with Gasteiger partial charge in [-0.05, 0) is 25.1 Å². The molecule has 0 aliphatic heterocycles. The normalized spacial score (nSPS) is 12.7. The molecule has 1 rings (SSSR count). The molecule has 0 spiro atoms. The van der Waals surface area contributed by atoms with Crippen LogP contribution in [-0.2, 0) is 11.0 Å². The van der Waals surface area contributed by atoms with Crippen LogP contribution in [0.1, 0.15) is 12.5 Å². The van der Waals surface area contributed by atoms with Crippen molar-refractivity contribution in [2.75, 3.05) is 11.9 Å². The van der Waals surface area contributed by atoms with Crippen LogP contribution in [0.15, 0.2) is 30.9 Å². The van der Waals surface area contributed by atoms with E-state index in [1.54, 1.807) is 6.92 Å². The lowest BCUT2D eigenvalue weighted by Gasteiger charge is -2.16. The highest BCUT2D eigenvalue weighted by molar-refractivity contribution is 6.31. The summed E-state index contributed by atoms with van der Waals surface area (Å²) >= 11 is 5.51. The van der Waals surface area contributed by atoms with Gasteiger partial charge in [0.25, 0.3) is 0 Å². The third-order valence-corrected chi connectivity index (χ3v) is 2.80. The summed E-state index contributed by atoms with van der Waals surface area (Å²) in [5.41, 5.74) is -0.772. The minimum atomic E-state index is -4.54. The number of hydrogen-bond acceptors (Lipinski definition) is 2. The highest BCUT2D eigenvalue weighted by atomic mass is 35.5. The van der Waals surface area contributed by atoms with E-state index in [4.69, 9.17) is 11.6 Å². The molecule has 1 aromatic carbocycles. The maximum absolute atomic E-state index is 12.7. The zero-order valence-electron chi connectivity index (χ0n) is 10.7. The number of hydrogen-bond donors (Lipinski definition) is 2. The summed E-state index contributed by atoms with van der Waals surface area (Å²) in [5.74, 6) is -0.339. The lowest BCUT2D eigenvalue weighted by Crippen LogP contribution is -2.37. The van der Waals surface area contributed by atoms with Crippen LogP contribution in [0.4, 0.5) is 18.9 Å². The second kappa shape index (κ2) is 6.65. The van der Waals surface area contributed by atoms with Gasteiger partial charge in [0.1, 0.15) is 6.04 Å². The van der Waals surface area contributed by atoms with Gasteiger partial charge in [-0.15, -0.1) is 6.58 Å². The lowest BCUT2D eigenvalue weighted by atomic mass is 10.1. The number of amides is 1. The van der Waals surface area contributed by atoms with Gasteiger partial charge in [0.05, 0.1) is 10.6 Å². The summed E-state index contributed by atoms with van der Waals surface area (Å²) in [6.45, 7) is 5.28. The van der Waals surface area contributed by atoms with Crippen LogP contribution >= 0.6 is 11.6 Å². The van der Waals surface area contributed by atoms with Crippen LogP contribution in [-0.4, -0.2) is 18.5 Å². The Labute approximate surface area is 119 Å². The van der Waals surface area contributed by atoms with Crippen molar-refractivity contribution in [3.8, 4) is 0 Å². The highest BCUT2D eigenvalue weighted by Crippen LogP contribution is 2.36. The van der Waals surface area contributed by atoms with Gasteiger partial charge >= 0.3 is 6.18 Å². The molecule has 0 saturated heterocycles. The van der Waals surface area contributed by atoms with Crippen molar-refractivity contribution in [1.29, 1.82) is 0 Å². The van der Waals surface area contributed by atoms with Crippen LogP contribution in [0.25, 0.3) is 0 Å². The van der Waals surface area contributed by atoms with Crippen LogP contribution in [0.2, 0.25) is 5.02 Å². The smallest absolute Gasteiger partial charge is 0.374 e. The van der Waals surface area contributed by atoms with E-state index in [-0.39, 0.29) is 16.6 Å². The summed E-state index contributed by atoms with van der Waals surface area (Å²) in [5, 5.41) is 4.84. The highest BCUT2D eigenvalue weighted by Gasteiger charge is 2.33. The van der Waals surface area contributed by atoms with Gasteiger partial charge < -0.3 is 10.6 Å². The zero-order chi connectivity index (χ0) is 15.3. The van der Waals surface area contributed by atoms with Gasteiger partial charge in [0.15, 0.2) is 0 Å². The summed E-state index contributed by atoms with van der Waals surface area (Å²) in [4.78, 5) is 11.6. The van der Waals surface area contributed by atoms with Crippen LogP contribution in [0.3, 0.4) is 0 Å². The second-order valence-corrected chi connectivity index (χ2v) is 4.50. The molecule has 3 nitrogen and oxygen atoms in total. The molecule has 0 saturated carbocycles. The molecule has 1 aromatic rings. The first-order valence-corrected chi connectivity index (χ1v) is 6.15. The second-order valence-electron chi connectivity index (χ2n) is 4.09. The van der Waals surface area contributed by atoms with Crippen LogP contribution in [0.5, 0.6) is 0 Å². The molecule has 0 aliphatic rings. The summed E-state index contributed by atoms with van der Waals surface area (Å²) < 4.78 is 38.1. The van der Waals surface area contributed by atoms with Crippen molar-refractivity contribution in [2.24, 2.45) is 0 Å². The van der Waals surface area contributed by atoms with Crippen molar-refractivity contribution in [2.45, 2.75) is 19.1 Å². The molecule has 0 bridgehead atoms. The number of anilines is 1. The number of alkyl halides is 3. The maximum Gasteiger partial charge on any atom is 0.417 e. The fraction of sp³-hybridized carbons (Fsp3) is 0.308. The van der Waals surface area contributed by atoms with E-state index in [9.17, 15) is 18.0 Å². The van der Waals surface area contributed by atoms with Gasteiger partial charge in [-0.2, -0.15) is 13.2 Å². The number of rotatable bonds is 5. The average molecular weight is 307 g/mol. The SMILES string of the molecule is C=CCNC(=O)C(C)Nc1ccc(Cl)c(C(F)(F)F)c1. The van der Waals surface area contributed by atoms with Gasteiger partial charge in [-0.3, -0.25) is 4.79 Å². The van der Waals surface area contributed by atoms with Gasteiger partial charge in [0.2, 0.25) is 5.91 Å². The molecule has 0 aromatic heterocycles. The van der Waals surface area contributed by atoms with Crippen molar-refractivity contribution < 1.29 is 18.0 Å². The molecule has 2 N–H and O–H groups in total. The topological polar surface area (TPSA) is 41.1 Å². The molecular formula is C13H14ClF3N2O. The molecule has 0 heterocycles. The zero-order valence-corrected chi connectivity index (χ0v) is 11.5. The molecule has 0 fully saturated rings. The minimum Gasteiger partial charge on any atom is -0.374 e. The van der Waals surface area contributed by atoms with Gasteiger partial charge in [-0.1, -0.05) is 17.7 Å². The van der Waals surface area contributed by atoms with E-state index in [0.717, 1.165) is 12.1 Å². The molecule has 110 valence electrons. The predicted molar refractivity (Wildman–Crippen MR) is 72.7 cm³/mol. The Morgan fingerprint density at radius 3 is 2.70 bits per heavy atom. The van der Waals surface area contributed by atoms with Crippen molar-refractivity contribution >= 4 is 23.2 Å². The molecule has 0 aliphatic carbocycles. The van der Waals surface area contributed by atoms with Gasteiger partial charge in [-0.25, -0.2) is 0 Å². The fourth-order valence-electron chi connectivity index (χ4n) is 1.47. The summed E-state index contributed by atoms with van der Waals surface area (Å²) in [6.07, 6.45) is -3.03. The van der Waals surface area contributed by atoms with Crippen molar-refractivity contribution in [3.63, 3.8) is 0 Å². The number of carbonyl (C=O) groups excluding carboxylic acids is 1. The van der Waals surface area contributed by atoms with E-state index >= 15 is 0 Å². The molecule has 1 amide bonds. The first-order chi connectivity index (χ1) is 9.25. The quantitative estimate of drug-likeness (QED) is 0.818. The number of carbonyl (C=O) groups is 1. The Kier molecular flexibility index (Phi) is 5.44. The molecule has 7 heteroatoms. The Morgan fingerprint density at radius 1 is 1.50 bits per heavy atom. The molecular weight excluding hydrogens is 293 g/mol. The summed E-state index contributed by atoms with van der Waals surface area (Å²) in [7, 11) is 0. The summed E-state index contributed by atoms with van der Waals surface area (Å²) in [6, 6.07) is 2.72. The Hall–Kier alpha value is -1.69.